The third kappa shape index (κ3) is 4.40. The maximum Gasteiger partial charge on any atom is 0.278 e. The highest BCUT2D eigenvalue weighted by Gasteiger charge is 2.34. The molecule has 0 unspecified atom stereocenters. The molecule has 1 aromatic carbocycles. The molecule has 31 heavy (non-hydrogen) atoms. The van der Waals surface area contributed by atoms with Gasteiger partial charge in [-0.25, -0.2) is 0 Å². The van der Waals surface area contributed by atoms with Crippen molar-refractivity contribution in [2.75, 3.05) is 5.32 Å². The third-order valence-corrected chi connectivity index (χ3v) is 6.60. The van der Waals surface area contributed by atoms with E-state index in [1.54, 1.807) is 0 Å². The van der Waals surface area contributed by atoms with Crippen LogP contribution in [0, 0.1) is 25.2 Å². The molecule has 0 bridgehead atoms. The Balaban J connectivity index is 1.54. The van der Waals surface area contributed by atoms with Crippen LogP contribution in [0.2, 0.25) is 5.02 Å². The van der Waals surface area contributed by atoms with Crippen LogP contribution >= 0.6 is 11.6 Å². The smallest absolute Gasteiger partial charge is 0.278 e. The van der Waals surface area contributed by atoms with E-state index in [4.69, 9.17) is 16.1 Å². The lowest BCUT2D eigenvalue weighted by molar-refractivity contribution is 0.101. The minimum Gasteiger partial charge on any atom is -0.360 e. The molecule has 0 aliphatic heterocycles. The van der Waals surface area contributed by atoms with Crippen molar-refractivity contribution in [2.24, 2.45) is 11.3 Å². The largest absolute Gasteiger partial charge is 0.360 e. The Hall–Kier alpha value is -2.60. The fourth-order valence-corrected chi connectivity index (χ4v) is 4.41. The highest BCUT2D eigenvalue weighted by molar-refractivity contribution is 6.30. The summed E-state index contributed by atoms with van der Waals surface area (Å²) in [6.45, 7) is 11.2. The molecule has 1 aliphatic rings. The van der Waals surface area contributed by atoms with E-state index in [-0.39, 0.29) is 11.3 Å². The van der Waals surface area contributed by atoms with Crippen LogP contribution in [0.5, 0.6) is 0 Å². The summed E-state index contributed by atoms with van der Waals surface area (Å²) in [6, 6.07) is 7.68. The zero-order chi connectivity index (χ0) is 22.3. The maximum absolute atomic E-state index is 13.1. The number of benzene rings is 1. The zero-order valence-corrected chi connectivity index (χ0v) is 19.5. The van der Waals surface area contributed by atoms with Gasteiger partial charge in [-0.2, -0.15) is 5.10 Å². The van der Waals surface area contributed by atoms with Crippen molar-refractivity contribution < 1.29 is 9.32 Å². The topological polar surface area (TPSA) is 73.0 Å². The number of halogens is 1. The quantitative estimate of drug-likeness (QED) is 0.573. The standard InChI is InChI=1S/C24H29ClN4O2/c1-14-21(15(2)29(27-14)13-16-6-9-18(25)10-7-16)26-23(30)22-19-12-17(24(3,4)5)8-11-20(19)31-28-22/h6-7,9-10,17H,8,11-13H2,1-5H3,(H,26,30)/t17-/m0/s1. The molecule has 3 aromatic rings. The van der Waals surface area contributed by atoms with Crippen molar-refractivity contribution in [3.05, 3.63) is 63.3 Å². The predicted molar refractivity (Wildman–Crippen MR) is 122 cm³/mol. The van der Waals surface area contributed by atoms with E-state index in [0.29, 0.717) is 23.2 Å². The molecule has 2 heterocycles. The molecule has 0 saturated carbocycles. The van der Waals surface area contributed by atoms with E-state index >= 15 is 0 Å². The summed E-state index contributed by atoms with van der Waals surface area (Å²) in [5, 5.41) is 12.5. The van der Waals surface area contributed by atoms with Crippen LogP contribution in [-0.2, 0) is 19.4 Å². The lowest BCUT2D eigenvalue weighted by Gasteiger charge is -2.33. The molecule has 164 valence electrons. The number of rotatable bonds is 4. The molecular formula is C24H29ClN4O2. The fourth-order valence-electron chi connectivity index (χ4n) is 4.29. The molecule has 0 fully saturated rings. The number of anilines is 1. The molecule has 1 aliphatic carbocycles. The molecule has 0 spiro atoms. The van der Waals surface area contributed by atoms with Crippen molar-refractivity contribution in [3.63, 3.8) is 0 Å². The lowest BCUT2D eigenvalue weighted by Crippen LogP contribution is -2.27. The SMILES string of the molecule is Cc1nn(Cc2ccc(Cl)cc2)c(C)c1NC(=O)c1noc2c1C[C@@H](C(C)(C)C)CC2. The summed E-state index contributed by atoms with van der Waals surface area (Å²) in [5.41, 5.74) is 5.00. The van der Waals surface area contributed by atoms with Crippen molar-refractivity contribution in [2.45, 2.75) is 60.4 Å². The zero-order valence-electron chi connectivity index (χ0n) is 18.8. The maximum atomic E-state index is 13.1. The Morgan fingerprint density at radius 3 is 2.65 bits per heavy atom. The minimum atomic E-state index is -0.239. The van der Waals surface area contributed by atoms with Gasteiger partial charge in [0.1, 0.15) is 5.76 Å². The number of aryl methyl sites for hydroxylation is 2. The first-order chi connectivity index (χ1) is 14.6. The van der Waals surface area contributed by atoms with Crippen LogP contribution in [0.15, 0.2) is 28.8 Å². The number of hydrogen-bond donors (Lipinski definition) is 1. The van der Waals surface area contributed by atoms with E-state index in [1.807, 2.05) is 42.8 Å². The average Bonchev–Trinajstić information content (AvgIpc) is 3.25. The molecule has 1 N–H and O–H groups in total. The molecule has 6 nitrogen and oxygen atoms in total. The van der Waals surface area contributed by atoms with Gasteiger partial charge in [-0.3, -0.25) is 9.48 Å². The molecule has 0 radical (unpaired) electrons. The van der Waals surface area contributed by atoms with Crippen LogP contribution in [0.1, 0.15) is 66.0 Å². The van der Waals surface area contributed by atoms with Crippen molar-refractivity contribution in [3.8, 4) is 0 Å². The summed E-state index contributed by atoms with van der Waals surface area (Å²) in [6.07, 6.45) is 2.70. The number of amides is 1. The van der Waals surface area contributed by atoms with Gasteiger partial charge in [-0.1, -0.05) is 49.7 Å². The summed E-state index contributed by atoms with van der Waals surface area (Å²) in [7, 11) is 0. The van der Waals surface area contributed by atoms with Crippen LogP contribution in [-0.4, -0.2) is 20.8 Å². The number of hydrogen-bond acceptors (Lipinski definition) is 4. The predicted octanol–water partition coefficient (Wildman–Crippen LogP) is 5.59. The molecule has 1 atom stereocenters. The van der Waals surface area contributed by atoms with Crippen LogP contribution < -0.4 is 5.32 Å². The molecule has 0 saturated heterocycles. The number of carbonyl (C=O) groups excluding carboxylic acids is 1. The van der Waals surface area contributed by atoms with E-state index in [0.717, 1.165) is 53.2 Å². The fraction of sp³-hybridized carbons (Fsp3) is 0.458. The van der Waals surface area contributed by atoms with E-state index in [1.165, 1.54) is 0 Å². The highest BCUT2D eigenvalue weighted by Crippen LogP contribution is 2.38. The van der Waals surface area contributed by atoms with Crippen molar-refractivity contribution >= 4 is 23.2 Å². The molecule has 7 heteroatoms. The van der Waals surface area contributed by atoms with Gasteiger partial charge < -0.3 is 9.84 Å². The Bertz CT molecular complexity index is 1110. The molecule has 2 aromatic heterocycles. The second kappa shape index (κ2) is 8.15. The second-order valence-corrected chi connectivity index (χ2v) is 9.96. The number of nitrogens with one attached hydrogen (secondary N) is 1. The summed E-state index contributed by atoms with van der Waals surface area (Å²) >= 11 is 5.98. The van der Waals surface area contributed by atoms with Crippen LogP contribution in [0.3, 0.4) is 0 Å². The van der Waals surface area contributed by atoms with Gasteiger partial charge in [-0.05, 0) is 55.7 Å². The Morgan fingerprint density at radius 2 is 1.97 bits per heavy atom. The minimum absolute atomic E-state index is 0.179. The van der Waals surface area contributed by atoms with Gasteiger partial charge >= 0.3 is 0 Å². The number of nitrogens with zero attached hydrogens (tertiary/aromatic N) is 3. The summed E-state index contributed by atoms with van der Waals surface area (Å²) in [4.78, 5) is 13.1. The van der Waals surface area contributed by atoms with Gasteiger partial charge in [-0.15, -0.1) is 0 Å². The summed E-state index contributed by atoms with van der Waals surface area (Å²) < 4.78 is 7.41. The van der Waals surface area contributed by atoms with Gasteiger partial charge in [0.2, 0.25) is 0 Å². The first-order valence-electron chi connectivity index (χ1n) is 10.7. The lowest BCUT2D eigenvalue weighted by atomic mass is 9.71. The first kappa shape index (κ1) is 21.6. The number of fused-ring (bicyclic) bond motifs is 1. The number of aromatic nitrogens is 3. The normalized spacial score (nSPS) is 16.3. The van der Waals surface area contributed by atoms with Gasteiger partial charge in [0.15, 0.2) is 5.69 Å². The van der Waals surface area contributed by atoms with E-state index < -0.39 is 0 Å². The van der Waals surface area contributed by atoms with E-state index in [9.17, 15) is 4.79 Å². The van der Waals surface area contributed by atoms with Crippen molar-refractivity contribution in [1.82, 2.24) is 14.9 Å². The average molecular weight is 441 g/mol. The second-order valence-electron chi connectivity index (χ2n) is 9.52. The van der Waals surface area contributed by atoms with Crippen LogP contribution in [0.25, 0.3) is 0 Å². The van der Waals surface area contributed by atoms with Gasteiger partial charge in [0, 0.05) is 17.0 Å². The first-order valence-corrected chi connectivity index (χ1v) is 11.1. The Morgan fingerprint density at radius 1 is 1.26 bits per heavy atom. The molecular weight excluding hydrogens is 412 g/mol. The Kier molecular flexibility index (Phi) is 5.69. The van der Waals surface area contributed by atoms with E-state index in [2.05, 4.69) is 36.3 Å². The number of carbonyl (C=O) groups is 1. The Labute approximate surface area is 188 Å². The third-order valence-electron chi connectivity index (χ3n) is 6.35. The van der Waals surface area contributed by atoms with Gasteiger partial charge in [0.05, 0.1) is 23.6 Å². The van der Waals surface area contributed by atoms with Crippen molar-refractivity contribution in [1.29, 1.82) is 0 Å². The molecule has 1 amide bonds. The molecule has 4 rings (SSSR count). The monoisotopic (exact) mass is 440 g/mol. The summed E-state index contributed by atoms with van der Waals surface area (Å²) in [5.74, 6) is 1.10. The highest BCUT2D eigenvalue weighted by atomic mass is 35.5. The van der Waals surface area contributed by atoms with Gasteiger partial charge in [0.25, 0.3) is 5.91 Å². The van der Waals surface area contributed by atoms with Crippen LogP contribution in [0.4, 0.5) is 5.69 Å².